The third-order valence-corrected chi connectivity index (χ3v) is 2.90. The van der Waals surface area contributed by atoms with E-state index in [0.717, 1.165) is 5.56 Å². The fourth-order valence-electron chi connectivity index (χ4n) is 1.49. The van der Waals surface area contributed by atoms with E-state index in [4.69, 9.17) is 9.25 Å². The van der Waals surface area contributed by atoms with Crippen LogP contribution in [0.5, 0.6) is 0 Å². The van der Waals surface area contributed by atoms with E-state index in [1.165, 1.54) is 6.07 Å². The molecule has 0 saturated carbocycles. The molecule has 2 rings (SSSR count). The first kappa shape index (κ1) is 15.3. The van der Waals surface area contributed by atoms with Crippen LogP contribution in [-0.2, 0) is 16.2 Å². The summed E-state index contributed by atoms with van der Waals surface area (Å²) in [6.45, 7) is 0.0532. The molecule has 0 unspecified atom stereocenters. The van der Waals surface area contributed by atoms with Gasteiger partial charge in [0.05, 0.1) is 13.2 Å². The molecule has 0 radical (unpaired) electrons. The number of carbonyl (C=O) groups excluding carboxylic acids is 2. The van der Waals surface area contributed by atoms with Gasteiger partial charge >= 0.3 is 0 Å². The van der Waals surface area contributed by atoms with Crippen molar-refractivity contribution in [3.63, 3.8) is 0 Å². The van der Waals surface area contributed by atoms with Crippen molar-refractivity contribution in [2.24, 2.45) is 0 Å². The number of carbonyl (C=O) groups is 2. The molecule has 0 aliphatic carbocycles. The van der Waals surface area contributed by atoms with Crippen molar-refractivity contribution in [2.45, 2.75) is 6.61 Å². The molecule has 0 saturated heterocycles. The lowest BCUT2D eigenvalue weighted by molar-refractivity contribution is -0.133. The normalized spacial score (nSPS) is 10.1. The minimum absolute atomic E-state index is 0.125. The van der Waals surface area contributed by atoms with E-state index in [1.54, 1.807) is 6.07 Å². The van der Waals surface area contributed by atoms with Crippen LogP contribution in [0.25, 0.3) is 0 Å². The predicted octanol–water partition coefficient (Wildman–Crippen LogP) is 2.02. The predicted molar refractivity (Wildman–Crippen MR) is 78.1 cm³/mol. The highest BCUT2D eigenvalue weighted by atomic mass is 79.9. The molecule has 0 atom stereocenters. The van der Waals surface area contributed by atoms with E-state index in [9.17, 15) is 9.59 Å². The lowest BCUT2D eigenvalue weighted by atomic mass is 10.2. The van der Waals surface area contributed by atoms with Crippen molar-refractivity contribution >= 4 is 27.7 Å². The van der Waals surface area contributed by atoms with Crippen LogP contribution in [-0.4, -0.2) is 18.4 Å². The zero-order valence-corrected chi connectivity index (χ0v) is 12.6. The summed E-state index contributed by atoms with van der Waals surface area (Å²) in [5, 5.41) is 2.42. The number of hydroxylamine groups is 1. The number of halogens is 1. The van der Waals surface area contributed by atoms with Gasteiger partial charge < -0.3 is 9.73 Å². The van der Waals surface area contributed by atoms with Gasteiger partial charge in [-0.2, -0.15) is 0 Å². The molecular formula is C14H13BrN2O4. The molecule has 7 heteroatoms. The number of furan rings is 1. The summed E-state index contributed by atoms with van der Waals surface area (Å²) in [5.41, 5.74) is 3.18. The van der Waals surface area contributed by atoms with Crippen molar-refractivity contribution in [1.82, 2.24) is 10.8 Å². The third kappa shape index (κ3) is 5.05. The Kier molecular flexibility index (Phi) is 5.53. The number of hydrogen-bond acceptors (Lipinski definition) is 4. The Labute approximate surface area is 129 Å². The van der Waals surface area contributed by atoms with Crippen molar-refractivity contribution in [3.05, 3.63) is 58.5 Å². The largest absolute Gasteiger partial charge is 0.444 e. The molecule has 2 aromatic rings. The standard InChI is InChI=1S/C14H13BrN2O4/c15-12-7-6-11(21-12)14(19)16-8-13(18)17-20-9-10-4-2-1-3-5-10/h1-7H,8-9H2,(H,16,19)(H,17,18). The molecule has 2 amide bonds. The molecule has 0 fully saturated rings. The van der Waals surface area contributed by atoms with E-state index in [1.807, 2.05) is 30.3 Å². The van der Waals surface area contributed by atoms with Crippen LogP contribution in [0.4, 0.5) is 0 Å². The first-order valence-corrected chi connectivity index (χ1v) is 6.92. The summed E-state index contributed by atoms with van der Waals surface area (Å²) >= 11 is 3.09. The van der Waals surface area contributed by atoms with Crippen LogP contribution in [0.3, 0.4) is 0 Å². The number of hydrogen-bond donors (Lipinski definition) is 2. The number of benzene rings is 1. The molecule has 1 heterocycles. The van der Waals surface area contributed by atoms with Crippen LogP contribution in [0.1, 0.15) is 16.1 Å². The second kappa shape index (κ2) is 7.61. The molecule has 2 N–H and O–H groups in total. The molecule has 1 aromatic heterocycles. The highest BCUT2D eigenvalue weighted by Crippen LogP contribution is 2.13. The number of amides is 2. The van der Waals surface area contributed by atoms with Gasteiger partial charge in [-0.3, -0.25) is 14.4 Å². The molecule has 0 aliphatic rings. The first-order valence-electron chi connectivity index (χ1n) is 6.13. The lowest BCUT2D eigenvalue weighted by Crippen LogP contribution is -2.36. The zero-order chi connectivity index (χ0) is 15.1. The van der Waals surface area contributed by atoms with Gasteiger partial charge in [0.1, 0.15) is 0 Å². The number of rotatable bonds is 6. The van der Waals surface area contributed by atoms with E-state index in [-0.39, 0.29) is 18.9 Å². The highest BCUT2D eigenvalue weighted by molar-refractivity contribution is 9.10. The summed E-state index contributed by atoms with van der Waals surface area (Å²) in [6, 6.07) is 12.5. The second-order valence-electron chi connectivity index (χ2n) is 4.09. The van der Waals surface area contributed by atoms with Gasteiger partial charge in [-0.1, -0.05) is 30.3 Å². The van der Waals surface area contributed by atoms with E-state index in [2.05, 4.69) is 26.7 Å². The Morgan fingerprint density at radius 1 is 1.14 bits per heavy atom. The molecule has 110 valence electrons. The van der Waals surface area contributed by atoms with Gasteiger partial charge in [0.2, 0.25) is 0 Å². The molecular weight excluding hydrogens is 340 g/mol. The lowest BCUT2D eigenvalue weighted by Gasteiger charge is -2.06. The smallest absolute Gasteiger partial charge is 0.287 e. The first-order chi connectivity index (χ1) is 10.1. The summed E-state index contributed by atoms with van der Waals surface area (Å²) in [7, 11) is 0. The van der Waals surface area contributed by atoms with E-state index in [0.29, 0.717) is 4.67 Å². The van der Waals surface area contributed by atoms with Crippen molar-refractivity contribution < 1.29 is 18.8 Å². The molecule has 1 aromatic carbocycles. The average Bonchev–Trinajstić information content (AvgIpc) is 2.92. The highest BCUT2D eigenvalue weighted by Gasteiger charge is 2.11. The van der Waals surface area contributed by atoms with Crippen molar-refractivity contribution in [1.29, 1.82) is 0 Å². The van der Waals surface area contributed by atoms with Crippen LogP contribution in [0.15, 0.2) is 51.6 Å². The maximum atomic E-state index is 11.6. The van der Waals surface area contributed by atoms with Gasteiger partial charge in [0, 0.05) is 0 Å². The summed E-state index contributed by atoms with van der Waals surface area (Å²) in [5.74, 6) is -0.802. The molecule has 0 bridgehead atoms. The second-order valence-corrected chi connectivity index (χ2v) is 4.87. The maximum absolute atomic E-state index is 11.6. The SMILES string of the molecule is O=C(CNC(=O)c1ccc(Br)o1)NOCc1ccccc1. The molecule has 0 aliphatic heterocycles. The van der Waals surface area contributed by atoms with Crippen LogP contribution in [0, 0.1) is 0 Å². The Morgan fingerprint density at radius 2 is 1.90 bits per heavy atom. The topological polar surface area (TPSA) is 80.6 Å². The quantitative estimate of drug-likeness (QED) is 0.779. The fraction of sp³-hybridized carbons (Fsp3) is 0.143. The summed E-state index contributed by atoms with van der Waals surface area (Å²) < 4.78 is 5.51. The van der Waals surface area contributed by atoms with Crippen LogP contribution < -0.4 is 10.8 Å². The minimum atomic E-state index is -0.473. The van der Waals surface area contributed by atoms with Crippen molar-refractivity contribution in [3.8, 4) is 0 Å². The van der Waals surface area contributed by atoms with E-state index < -0.39 is 11.8 Å². The van der Waals surface area contributed by atoms with Crippen LogP contribution >= 0.6 is 15.9 Å². The Balaban J connectivity index is 1.67. The van der Waals surface area contributed by atoms with Gasteiger partial charge in [-0.25, -0.2) is 5.48 Å². The molecule has 6 nitrogen and oxygen atoms in total. The van der Waals surface area contributed by atoms with E-state index >= 15 is 0 Å². The molecule has 21 heavy (non-hydrogen) atoms. The van der Waals surface area contributed by atoms with Crippen molar-refractivity contribution in [2.75, 3.05) is 6.54 Å². The zero-order valence-electron chi connectivity index (χ0n) is 11.0. The third-order valence-electron chi connectivity index (χ3n) is 2.47. The maximum Gasteiger partial charge on any atom is 0.287 e. The van der Waals surface area contributed by atoms with Gasteiger partial charge in [0.25, 0.3) is 11.8 Å². The molecule has 0 spiro atoms. The van der Waals surface area contributed by atoms with Gasteiger partial charge in [0.15, 0.2) is 10.4 Å². The van der Waals surface area contributed by atoms with Crippen LogP contribution in [0.2, 0.25) is 0 Å². The van der Waals surface area contributed by atoms with Gasteiger partial charge in [-0.05, 0) is 33.6 Å². The fourth-order valence-corrected chi connectivity index (χ4v) is 1.80. The van der Waals surface area contributed by atoms with Gasteiger partial charge in [-0.15, -0.1) is 0 Å². The average molecular weight is 353 g/mol. The monoisotopic (exact) mass is 352 g/mol. The number of nitrogens with one attached hydrogen (secondary N) is 2. The Morgan fingerprint density at radius 3 is 2.57 bits per heavy atom. The minimum Gasteiger partial charge on any atom is -0.444 e. The Bertz CT molecular complexity index is 612. The summed E-state index contributed by atoms with van der Waals surface area (Å²) in [6.07, 6.45) is 0. The summed E-state index contributed by atoms with van der Waals surface area (Å²) in [4.78, 5) is 28.1. The Hall–Kier alpha value is -2.12.